The summed E-state index contributed by atoms with van der Waals surface area (Å²) >= 11 is 0. The Morgan fingerprint density at radius 3 is 2.34 bits per heavy atom. The van der Waals surface area contributed by atoms with Gasteiger partial charge in [-0.2, -0.15) is 8.42 Å². The van der Waals surface area contributed by atoms with Crippen molar-refractivity contribution in [2.45, 2.75) is 59.3 Å². The number of hydrogen-bond acceptors (Lipinski definition) is 7. The van der Waals surface area contributed by atoms with E-state index in [4.69, 9.17) is 9.66 Å². The van der Waals surface area contributed by atoms with Gasteiger partial charge >= 0.3 is 16.4 Å². The van der Waals surface area contributed by atoms with Gasteiger partial charge in [0.15, 0.2) is 23.5 Å². The van der Waals surface area contributed by atoms with E-state index in [1.54, 1.807) is 13.0 Å². The smallest absolute Gasteiger partial charge is 0.446 e. The predicted octanol–water partition coefficient (Wildman–Crippen LogP) is 4.20. The lowest BCUT2D eigenvalue weighted by molar-refractivity contribution is -0.141. The minimum Gasteiger partial charge on any atom is -0.504 e. The van der Waals surface area contributed by atoms with Gasteiger partial charge in [-0.25, -0.2) is 0 Å². The first-order chi connectivity index (χ1) is 14.9. The van der Waals surface area contributed by atoms with Crippen molar-refractivity contribution in [3.63, 3.8) is 0 Å². The highest BCUT2D eigenvalue weighted by Crippen LogP contribution is 2.39. The quantitative estimate of drug-likeness (QED) is 0.143. The molecule has 0 fully saturated rings. The van der Waals surface area contributed by atoms with Crippen LogP contribution in [0.3, 0.4) is 0 Å². The van der Waals surface area contributed by atoms with E-state index in [9.17, 15) is 28.2 Å². The molecule has 0 aliphatic carbocycles. The lowest BCUT2D eigenvalue weighted by atomic mass is 10.00. The fourth-order valence-electron chi connectivity index (χ4n) is 3.03. The summed E-state index contributed by atoms with van der Waals surface area (Å²) in [6, 6.07) is 1.06. The average molecular weight is 471 g/mol. The molecule has 1 unspecified atom stereocenters. The fraction of sp³-hybridized carbons (Fsp3) is 0.455. The lowest BCUT2D eigenvalue weighted by Crippen LogP contribution is -2.10. The van der Waals surface area contributed by atoms with E-state index in [1.165, 1.54) is 5.57 Å². The maximum Gasteiger partial charge on any atom is 0.446 e. The fourth-order valence-corrected chi connectivity index (χ4v) is 3.43. The molecule has 0 spiro atoms. The molecule has 1 rings (SSSR count). The highest BCUT2D eigenvalue weighted by atomic mass is 32.3. The number of aliphatic carboxylic acids is 1. The molecule has 0 radical (unpaired) electrons. The average Bonchev–Trinajstić information content (AvgIpc) is 2.68. The Kier molecular flexibility index (Phi) is 10.4. The second kappa shape index (κ2) is 12.3. The van der Waals surface area contributed by atoms with Gasteiger partial charge in [-0.1, -0.05) is 30.2 Å². The number of carboxylic acids is 1. The molecule has 0 saturated carbocycles. The molecule has 0 heterocycles. The third-order valence-electron chi connectivity index (χ3n) is 4.98. The number of aromatic hydroxyl groups is 2. The summed E-state index contributed by atoms with van der Waals surface area (Å²) in [7, 11) is -4.95. The second-order valence-corrected chi connectivity index (χ2v) is 8.77. The van der Waals surface area contributed by atoms with Crippen LogP contribution in [0.15, 0.2) is 29.4 Å². The van der Waals surface area contributed by atoms with E-state index in [-0.39, 0.29) is 24.2 Å². The number of rotatable bonds is 13. The summed E-state index contributed by atoms with van der Waals surface area (Å²) in [5, 5.41) is 28.5. The number of carbonyl (C=O) groups is 2. The van der Waals surface area contributed by atoms with Gasteiger partial charge < -0.3 is 19.5 Å². The molecule has 1 atom stereocenters. The monoisotopic (exact) mass is 470 g/mol. The van der Waals surface area contributed by atoms with E-state index in [0.717, 1.165) is 30.9 Å². The minimum absolute atomic E-state index is 0.0845. The van der Waals surface area contributed by atoms with Crippen molar-refractivity contribution in [2.75, 3.05) is 0 Å². The molecule has 0 amide bonds. The third kappa shape index (κ3) is 9.11. The van der Waals surface area contributed by atoms with Crippen LogP contribution in [0.4, 0.5) is 0 Å². The molecule has 32 heavy (non-hydrogen) atoms. The van der Waals surface area contributed by atoms with E-state index in [1.807, 2.05) is 13.8 Å². The van der Waals surface area contributed by atoms with Crippen LogP contribution in [0.5, 0.6) is 17.2 Å². The van der Waals surface area contributed by atoms with Crippen LogP contribution in [-0.2, 0) is 21.6 Å². The number of carbonyl (C=O) groups excluding carboxylic acids is 1. The number of hydrogen-bond donors (Lipinski definition) is 4. The van der Waals surface area contributed by atoms with Gasteiger partial charge in [-0.3, -0.25) is 14.1 Å². The number of aldehydes is 1. The van der Waals surface area contributed by atoms with Gasteiger partial charge in [0, 0.05) is 5.56 Å². The van der Waals surface area contributed by atoms with Gasteiger partial charge in [0.05, 0.1) is 5.92 Å². The van der Waals surface area contributed by atoms with Crippen molar-refractivity contribution in [2.24, 2.45) is 5.92 Å². The standard InChI is InChI=1S/C22H30O9S/c1-14(8-5-9-16(3)22(26)27)6-4-7-15(2)10-11-17-12-19(24)20(25)18(13-23)21(17)31-32(28,29)30/h6,10,12-13,16,24-25H,4-5,7-9,11H2,1-3H3,(H,26,27)(H,28,29,30)/b14-6+,15-10+. The number of phenols is 2. The SMILES string of the molecule is C/C(=C\Cc1cc(O)c(O)c(C=O)c1OS(=O)(=O)O)CC/C=C(\C)CCCC(C)C(=O)O. The Morgan fingerprint density at radius 1 is 1.16 bits per heavy atom. The molecule has 0 bridgehead atoms. The predicted molar refractivity (Wildman–Crippen MR) is 118 cm³/mol. The first-order valence-electron chi connectivity index (χ1n) is 10.1. The van der Waals surface area contributed by atoms with Gasteiger partial charge in [-0.05, 0) is 58.4 Å². The lowest BCUT2D eigenvalue weighted by Gasteiger charge is -2.13. The molecule has 0 saturated heterocycles. The number of benzene rings is 1. The number of phenolic OH excluding ortho intramolecular Hbond substituents is 2. The van der Waals surface area contributed by atoms with Crippen LogP contribution >= 0.6 is 0 Å². The van der Waals surface area contributed by atoms with Gasteiger partial charge in [-0.15, -0.1) is 0 Å². The zero-order chi connectivity index (χ0) is 24.5. The zero-order valence-electron chi connectivity index (χ0n) is 18.4. The molecule has 0 aliphatic rings. The topological polar surface area (TPSA) is 158 Å². The van der Waals surface area contributed by atoms with E-state index in [0.29, 0.717) is 12.8 Å². The van der Waals surface area contributed by atoms with Crippen LogP contribution in [0.25, 0.3) is 0 Å². The van der Waals surface area contributed by atoms with Gasteiger partial charge in [0.2, 0.25) is 0 Å². The third-order valence-corrected chi connectivity index (χ3v) is 5.36. The molecule has 0 aromatic heterocycles. The van der Waals surface area contributed by atoms with Crippen LogP contribution in [0.1, 0.15) is 68.8 Å². The van der Waals surface area contributed by atoms with Gasteiger partial charge in [0.1, 0.15) is 5.56 Å². The largest absolute Gasteiger partial charge is 0.504 e. The van der Waals surface area contributed by atoms with Crippen molar-refractivity contribution in [3.8, 4) is 17.2 Å². The number of carboxylic acid groups (broad SMARTS) is 1. The van der Waals surface area contributed by atoms with E-state index in [2.05, 4.69) is 10.3 Å². The summed E-state index contributed by atoms with van der Waals surface area (Å²) < 4.78 is 35.7. The van der Waals surface area contributed by atoms with Crippen molar-refractivity contribution < 1.29 is 42.1 Å². The molecule has 1 aromatic carbocycles. The van der Waals surface area contributed by atoms with Crippen LogP contribution in [-0.4, -0.2) is 40.5 Å². The summed E-state index contributed by atoms with van der Waals surface area (Å²) in [5.41, 5.74) is 1.63. The van der Waals surface area contributed by atoms with Gasteiger partial charge in [0.25, 0.3) is 0 Å². The Morgan fingerprint density at radius 2 is 1.78 bits per heavy atom. The first-order valence-corrected chi connectivity index (χ1v) is 11.5. The summed E-state index contributed by atoms with van der Waals surface area (Å²) in [4.78, 5) is 22.1. The Labute approximate surface area is 188 Å². The Bertz CT molecular complexity index is 991. The molecule has 9 nitrogen and oxygen atoms in total. The van der Waals surface area contributed by atoms with Crippen molar-refractivity contribution in [3.05, 3.63) is 40.5 Å². The van der Waals surface area contributed by atoms with Crippen molar-refractivity contribution in [1.29, 1.82) is 0 Å². The van der Waals surface area contributed by atoms with E-state index >= 15 is 0 Å². The first kappa shape index (κ1) is 27.2. The molecule has 0 aliphatic heterocycles. The molecule has 4 N–H and O–H groups in total. The molecule has 10 heteroatoms. The number of allylic oxidation sites excluding steroid dienone is 4. The maximum absolute atomic E-state index is 11.2. The van der Waals surface area contributed by atoms with Crippen LogP contribution in [0.2, 0.25) is 0 Å². The summed E-state index contributed by atoms with van der Waals surface area (Å²) in [6.45, 7) is 5.54. The Balaban J connectivity index is 2.81. The molecular weight excluding hydrogens is 440 g/mol. The summed E-state index contributed by atoms with van der Waals surface area (Å²) in [5.74, 6) is -3.16. The second-order valence-electron chi connectivity index (χ2n) is 7.75. The normalized spacial score (nSPS) is 13.6. The zero-order valence-corrected chi connectivity index (χ0v) is 19.2. The maximum atomic E-state index is 11.2. The highest BCUT2D eigenvalue weighted by Gasteiger charge is 2.22. The summed E-state index contributed by atoms with van der Waals surface area (Å²) in [6.07, 6.45) is 7.72. The van der Waals surface area contributed by atoms with Crippen molar-refractivity contribution >= 4 is 22.7 Å². The van der Waals surface area contributed by atoms with Crippen molar-refractivity contribution in [1.82, 2.24) is 0 Å². The highest BCUT2D eigenvalue weighted by molar-refractivity contribution is 7.81. The molecule has 178 valence electrons. The van der Waals surface area contributed by atoms with Crippen LogP contribution < -0.4 is 4.18 Å². The van der Waals surface area contributed by atoms with Crippen LogP contribution in [0, 0.1) is 5.92 Å². The molecule has 1 aromatic rings. The minimum atomic E-state index is -4.95. The molecular formula is C22H30O9S. The Hall–Kier alpha value is -2.85. The van der Waals surface area contributed by atoms with E-state index < -0.39 is 39.2 Å².